The van der Waals surface area contributed by atoms with Gasteiger partial charge in [0.2, 0.25) is 6.79 Å². The summed E-state index contributed by atoms with van der Waals surface area (Å²) in [6, 6.07) is 15.4. The molecule has 0 radical (unpaired) electrons. The van der Waals surface area contributed by atoms with Crippen LogP contribution in [0.2, 0.25) is 0 Å². The normalized spacial score (nSPS) is 11.9. The van der Waals surface area contributed by atoms with Gasteiger partial charge in [0.05, 0.1) is 5.56 Å². The van der Waals surface area contributed by atoms with Gasteiger partial charge >= 0.3 is 0 Å². The van der Waals surface area contributed by atoms with Crippen LogP contribution in [0.1, 0.15) is 27.0 Å². The summed E-state index contributed by atoms with van der Waals surface area (Å²) in [6.45, 7) is 4.75. The van der Waals surface area contributed by atoms with E-state index < -0.39 is 0 Å². The van der Waals surface area contributed by atoms with Gasteiger partial charge in [0.15, 0.2) is 11.5 Å². The summed E-state index contributed by atoms with van der Waals surface area (Å²) in [5.74, 6) is 1.95. The zero-order chi connectivity index (χ0) is 19.5. The number of nitrogens with zero attached hydrogens (tertiary/aromatic N) is 1. The number of ether oxygens (including phenoxy) is 2. The van der Waals surface area contributed by atoms with Gasteiger partial charge in [-0.1, -0.05) is 12.1 Å². The number of aryl methyl sites for hydroxylation is 2. The second-order valence-electron chi connectivity index (χ2n) is 6.80. The molecule has 1 amide bonds. The monoisotopic (exact) mass is 375 g/mol. The van der Waals surface area contributed by atoms with Crippen LogP contribution >= 0.6 is 0 Å². The molecule has 1 aliphatic heterocycles. The van der Waals surface area contributed by atoms with Gasteiger partial charge in [-0.3, -0.25) is 4.79 Å². The molecule has 2 heterocycles. The number of amides is 1. The van der Waals surface area contributed by atoms with Crippen molar-refractivity contribution < 1.29 is 14.3 Å². The first-order valence-corrected chi connectivity index (χ1v) is 9.05. The Morgan fingerprint density at radius 1 is 1.00 bits per heavy atom. The minimum absolute atomic E-state index is 0.178. The van der Waals surface area contributed by atoms with E-state index in [0.717, 1.165) is 17.0 Å². The van der Waals surface area contributed by atoms with Gasteiger partial charge in [-0.15, -0.1) is 0 Å². The van der Waals surface area contributed by atoms with E-state index >= 15 is 0 Å². The lowest BCUT2D eigenvalue weighted by Gasteiger charge is -2.09. The number of hydrogen-bond donors (Lipinski definition) is 2. The van der Waals surface area contributed by atoms with E-state index in [4.69, 9.17) is 9.47 Å². The van der Waals surface area contributed by atoms with Crippen LogP contribution in [0.3, 0.4) is 0 Å². The lowest BCUT2D eigenvalue weighted by atomic mass is 10.1. The van der Waals surface area contributed by atoms with E-state index in [0.29, 0.717) is 23.7 Å². The molecule has 0 unspecified atom stereocenters. The Morgan fingerprint density at radius 3 is 2.54 bits per heavy atom. The van der Waals surface area contributed by atoms with Crippen molar-refractivity contribution in [2.75, 3.05) is 12.1 Å². The number of benzene rings is 2. The molecule has 142 valence electrons. The Hall–Kier alpha value is -3.54. The number of fused-ring (bicyclic) bond motifs is 1. The van der Waals surface area contributed by atoms with E-state index in [-0.39, 0.29) is 12.7 Å². The maximum Gasteiger partial charge on any atom is 0.253 e. The van der Waals surface area contributed by atoms with Gasteiger partial charge in [0.25, 0.3) is 5.91 Å². The van der Waals surface area contributed by atoms with Gasteiger partial charge in [-0.25, -0.2) is 4.98 Å². The molecule has 2 N–H and O–H groups in total. The van der Waals surface area contributed by atoms with Gasteiger partial charge in [-0.05, 0) is 66.9 Å². The number of carbonyl (C=O) groups excluding carboxylic acids is 1. The lowest BCUT2D eigenvalue weighted by Crippen LogP contribution is -2.22. The molecule has 2 aromatic carbocycles. The molecule has 1 aliphatic rings. The third-order valence-electron chi connectivity index (χ3n) is 4.41. The third-order valence-corrected chi connectivity index (χ3v) is 4.41. The summed E-state index contributed by atoms with van der Waals surface area (Å²) in [4.78, 5) is 16.7. The van der Waals surface area contributed by atoms with E-state index in [1.165, 1.54) is 11.1 Å². The fourth-order valence-corrected chi connectivity index (χ4v) is 3.13. The van der Waals surface area contributed by atoms with E-state index in [9.17, 15) is 4.79 Å². The van der Waals surface area contributed by atoms with Gasteiger partial charge in [-0.2, -0.15) is 0 Å². The number of pyridine rings is 1. The van der Waals surface area contributed by atoms with Gasteiger partial charge in [0.1, 0.15) is 5.82 Å². The molecule has 0 saturated carbocycles. The van der Waals surface area contributed by atoms with Crippen molar-refractivity contribution in [1.82, 2.24) is 10.3 Å². The highest BCUT2D eigenvalue weighted by molar-refractivity contribution is 5.94. The minimum Gasteiger partial charge on any atom is -0.454 e. The molecule has 4 rings (SSSR count). The van der Waals surface area contributed by atoms with Crippen LogP contribution in [0.15, 0.2) is 54.7 Å². The summed E-state index contributed by atoms with van der Waals surface area (Å²) in [5, 5.41) is 6.16. The first-order valence-electron chi connectivity index (χ1n) is 9.05. The number of aromatic nitrogens is 1. The lowest BCUT2D eigenvalue weighted by molar-refractivity contribution is 0.0950. The van der Waals surface area contributed by atoms with Crippen molar-refractivity contribution in [2.24, 2.45) is 0 Å². The smallest absolute Gasteiger partial charge is 0.253 e. The van der Waals surface area contributed by atoms with Crippen molar-refractivity contribution in [3.63, 3.8) is 0 Å². The summed E-state index contributed by atoms with van der Waals surface area (Å²) < 4.78 is 10.6. The van der Waals surface area contributed by atoms with Crippen molar-refractivity contribution in [3.8, 4) is 11.5 Å². The van der Waals surface area contributed by atoms with Crippen LogP contribution in [0.5, 0.6) is 11.5 Å². The number of rotatable bonds is 5. The summed E-state index contributed by atoms with van der Waals surface area (Å²) >= 11 is 0. The SMILES string of the molecule is Cc1cc(C)cc(Nc2ccc(C(=O)NCc3ccc4c(c3)OCO4)cn2)c1. The molecule has 0 atom stereocenters. The average molecular weight is 375 g/mol. The zero-order valence-corrected chi connectivity index (χ0v) is 15.8. The first kappa shape index (κ1) is 17.9. The maximum atomic E-state index is 12.4. The molecule has 6 nitrogen and oxygen atoms in total. The maximum absolute atomic E-state index is 12.4. The molecule has 28 heavy (non-hydrogen) atoms. The van der Waals surface area contributed by atoms with Crippen LogP contribution in [0.4, 0.5) is 11.5 Å². The first-order chi connectivity index (χ1) is 13.6. The van der Waals surface area contributed by atoms with Crippen LogP contribution in [-0.4, -0.2) is 17.7 Å². The van der Waals surface area contributed by atoms with E-state index in [2.05, 4.69) is 47.7 Å². The predicted molar refractivity (Wildman–Crippen MR) is 107 cm³/mol. The Bertz CT molecular complexity index is 996. The minimum atomic E-state index is -0.178. The quantitative estimate of drug-likeness (QED) is 0.702. The average Bonchev–Trinajstić information content (AvgIpc) is 3.14. The molecular formula is C22H21N3O3. The highest BCUT2D eigenvalue weighted by atomic mass is 16.7. The van der Waals surface area contributed by atoms with Gasteiger partial charge < -0.3 is 20.1 Å². The number of nitrogens with one attached hydrogen (secondary N) is 2. The Kier molecular flexibility index (Phi) is 4.85. The van der Waals surface area contributed by atoms with Gasteiger partial charge in [0, 0.05) is 18.4 Å². The van der Waals surface area contributed by atoms with Crippen molar-refractivity contribution in [2.45, 2.75) is 20.4 Å². The standard InChI is InChI=1S/C22H21N3O3/c1-14-7-15(2)9-18(8-14)25-21-6-4-17(12-23-21)22(26)24-11-16-3-5-19-20(10-16)28-13-27-19/h3-10,12H,11,13H2,1-2H3,(H,23,25)(H,24,26). The molecule has 0 fully saturated rings. The molecule has 6 heteroatoms. The van der Waals surface area contributed by atoms with Crippen LogP contribution in [0.25, 0.3) is 0 Å². The van der Waals surface area contributed by atoms with Crippen LogP contribution in [0, 0.1) is 13.8 Å². The fourth-order valence-electron chi connectivity index (χ4n) is 3.13. The second-order valence-corrected chi connectivity index (χ2v) is 6.80. The van der Waals surface area contributed by atoms with Crippen LogP contribution in [-0.2, 0) is 6.54 Å². The number of anilines is 2. The highest BCUT2D eigenvalue weighted by Crippen LogP contribution is 2.32. The third kappa shape index (κ3) is 4.06. The molecule has 0 saturated heterocycles. The summed E-state index contributed by atoms with van der Waals surface area (Å²) in [5.41, 5.74) is 4.79. The molecular weight excluding hydrogens is 354 g/mol. The second kappa shape index (κ2) is 7.60. The summed E-state index contributed by atoms with van der Waals surface area (Å²) in [7, 11) is 0. The highest BCUT2D eigenvalue weighted by Gasteiger charge is 2.14. The molecule has 0 aliphatic carbocycles. The molecule has 0 spiro atoms. The molecule has 1 aromatic heterocycles. The van der Waals surface area contributed by atoms with Crippen molar-refractivity contribution in [1.29, 1.82) is 0 Å². The Balaban J connectivity index is 1.37. The summed E-state index contributed by atoms with van der Waals surface area (Å²) in [6.07, 6.45) is 1.57. The molecule has 0 bridgehead atoms. The van der Waals surface area contributed by atoms with E-state index in [1.54, 1.807) is 18.3 Å². The molecule has 3 aromatic rings. The predicted octanol–water partition coefficient (Wildman–Crippen LogP) is 4.10. The topological polar surface area (TPSA) is 72.5 Å². The fraction of sp³-hybridized carbons (Fsp3) is 0.182. The number of carbonyl (C=O) groups is 1. The van der Waals surface area contributed by atoms with Crippen molar-refractivity contribution >= 4 is 17.4 Å². The largest absolute Gasteiger partial charge is 0.454 e. The zero-order valence-electron chi connectivity index (χ0n) is 15.8. The van der Waals surface area contributed by atoms with Crippen molar-refractivity contribution in [3.05, 3.63) is 77.0 Å². The van der Waals surface area contributed by atoms with Crippen LogP contribution < -0.4 is 20.1 Å². The van der Waals surface area contributed by atoms with E-state index in [1.807, 2.05) is 18.2 Å². The Morgan fingerprint density at radius 2 is 1.79 bits per heavy atom. The number of hydrogen-bond acceptors (Lipinski definition) is 5. The Labute approximate surface area is 163 Å².